The highest BCUT2D eigenvalue weighted by Gasteiger charge is 2.26. The normalized spacial score (nSPS) is 21.4. The summed E-state index contributed by atoms with van der Waals surface area (Å²) in [4.78, 5) is 20.8. The molecule has 1 aliphatic carbocycles. The molecule has 132 valence electrons. The number of fused-ring (bicyclic) bond motifs is 1. The number of piperazine rings is 1. The van der Waals surface area contributed by atoms with Crippen LogP contribution in [0.25, 0.3) is 0 Å². The van der Waals surface area contributed by atoms with Crippen LogP contribution in [0.2, 0.25) is 0 Å². The fourth-order valence-electron chi connectivity index (χ4n) is 3.26. The Morgan fingerprint density at radius 3 is 2.67 bits per heavy atom. The number of amides is 1. The number of aromatic nitrogens is 1. The summed E-state index contributed by atoms with van der Waals surface area (Å²) in [6.45, 7) is 8.65. The van der Waals surface area contributed by atoms with Gasteiger partial charge in [0.15, 0.2) is 0 Å². The summed E-state index contributed by atoms with van der Waals surface area (Å²) in [5.74, 6) is 0. The minimum absolute atomic E-state index is 0.222. The van der Waals surface area contributed by atoms with Gasteiger partial charge in [-0.15, -0.1) is 0 Å². The van der Waals surface area contributed by atoms with E-state index in [1.807, 2.05) is 27.0 Å². The maximum atomic E-state index is 12.1. The molecule has 1 saturated heterocycles. The number of hydrogen-bond donors (Lipinski definition) is 1. The van der Waals surface area contributed by atoms with Gasteiger partial charge in [-0.05, 0) is 45.2 Å². The maximum Gasteiger partial charge on any atom is 0.410 e. The molecular weight excluding hydrogens is 304 g/mol. The first kappa shape index (κ1) is 17.0. The van der Waals surface area contributed by atoms with E-state index in [9.17, 15) is 4.79 Å². The van der Waals surface area contributed by atoms with Crippen LogP contribution in [0.4, 0.5) is 10.5 Å². The van der Waals surface area contributed by atoms with Crippen LogP contribution >= 0.6 is 0 Å². The van der Waals surface area contributed by atoms with Crippen LogP contribution in [-0.4, -0.2) is 53.8 Å². The SMILES string of the molecule is CC(C)(C)OC(=O)N1CCN(c2cnc3c(c2)CCC(N)C3)CC1. The molecule has 0 radical (unpaired) electrons. The molecule has 6 nitrogen and oxygen atoms in total. The lowest BCUT2D eigenvalue weighted by molar-refractivity contribution is 0.0240. The predicted molar refractivity (Wildman–Crippen MR) is 94.3 cm³/mol. The van der Waals surface area contributed by atoms with E-state index < -0.39 is 5.60 Å². The number of nitrogens with zero attached hydrogens (tertiary/aromatic N) is 3. The van der Waals surface area contributed by atoms with E-state index in [2.05, 4.69) is 16.0 Å². The third-order valence-electron chi connectivity index (χ3n) is 4.58. The molecule has 0 bridgehead atoms. The van der Waals surface area contributed by atoms with E-state index >= 15 is 0 Å². The first-order valence-electron chi connectivity index (χ1n) is 8.78. The van der Waals surface area contributed by atoms with Gasteiger partial charge in [0.1, 0.15) is 5.60 Å². The van der Waals surface area contributed by atoms with Gasteiger partial charge >= 0.3 is 6.09 Å². The van der Waals surface area contributed by atoms with Gasteiger partial charge in [0.2, 0.25) is 0 Å². The van der Waals surface area contributed by atoms with Gasteiger partial charge in [0.25, 0.3) is 0 Å². The predicted octanol–water partition coefficient (Wildman–Crippen LogP) is 1.95. The summed E-state index contributed by atoms with van der Waals surface area (Å²) in [6.07, 6.45) is 4.64. The molecule has 0 saturated carbocycles. The quantitative estimate of drug-likeness (QED) is 0.851. The average Bonchev–Trinajstić information content (AvgIpc) is 2.53. The van der Waals surface area contributed by atoms with Crippen LogP contribution < -0.4 is 10.6 Å². The Kier molecular flexibility index (Phi) is 4.67. The molecule has 1 aliphatic heterocycles. The zero-order valence-corrected chi connectivity index (χ0v) is 14.9. The van der Waals surface area contributed by atoms with Crippen molar-refractivity contribution in [1.82, 2.24) is 9.88 Å². The Hall–Kier alpha value is -1.82. The number of nitrogens with two attached hydrogens (primary N) is 1. The summed E-state index contributed by atoms with van der Waals surface area (Å²) >= 11 is 0. The first-order valence-corrected chi connectivity index (χ1v) is 8.78. The van der Waals surface area contributed by atoms with Crippen LogP contribution in [0.1, 0.15) is 38.4 Å². The smallest absolute Gasteiger partial charge is 0.410 e. The lowest BCUT2D eigenvalue weighted by Crippen LogP contribution is -2.50. The van der Waals surface area contributed by atoms with E-state index in [-0.39, 0.29) is 12.1 Å². The molecule has 1 atom stereocenters. The minimum Gasteiger partial charge on any atom is -0.444 e. The van der Waals surface area contributed by atoms with Gasteiger partial charge in [-0.1, -0.05) is 0 Å². The lowest BCUT2D eigenvalue weighted by Gasteiger charge is -2.37. The van der Waals surface area contributed by atoms with Crippen molar-refractivity contribution in [3.05, 3.63) is 23.5 Å². The van der Waals surface area contributed by atoms with Crippen LogP contribution in [0.15, 0.2) is 12.3 Å². The highest BCUT2D eigenvalue weighted by Crippen LogP contribution is 2.24. The molecule has 2 aliphatic rings. The highest BCUT2D eigenvalue weighted by atomic mass is 16.6. The molecular formula is C18H28N4O2. The molecule has 2 heterocycles. The van der Waals surface area contributed by atoms with Gasteiger partial charge in [-0.2, -0.15) is 0 Å². The second-order valence-corrected chi connectivity index (χ2v) is 7.76. The number of carbonyl (C=O) groups is 1. The number of hydrogen-bond acceptors (Lipinski definition) is 5. The molecule has 1 amide bonds. The third-order valence-corrected chi connectivity index (χ3v) is 4.58. The molecule has 1 unspecified atom stereocenters. The van der Waals surface area contributed by atoms with E-state index in [4.69, 9.17) is 10.5 Å². The summed E-state index contributed by atoms with van der Waals surface area (Å²) in [5.41, 5.74) is 9.18. The summed E-state index contributed by atoms with van der Waals surface area (Å²) in [5, 5.41) is 0. The van der Waals surface area contributed by atoms with Crippen molar-refractivity contribution < 1.29 is 9.53 Å². The zero-order chi connectivity index (χ0) is 17.3. The van der Waals surface area contributed by atoms with Crippen LogP contribution in [0.5, 0.6) is 0 Å². The standard InChI is InChI=1S/C18H28N4O2/c1-18(2,3)24-17(23)22-8-6-21(7-9-22)15-10-13-4-5-14(19)11-16(13)20-12-15/h10,12,14H,4-9,11,19H2,1-3H3. The Morgan fingerprint density at radius 1 is 1.29 bits per heavy atom. The molecule has 24 heavy (non-hydrogen) atoms. The average molecular weight is 332 g/mol. The first-order chi connectivity index (χ1) is 11.3. The summed E-state index contributed by atoms with van der Waals surface area (Å²) in [6, 6.07) is 2.49. The number of anilines is 1. The number of carbonyl (C=O) groups excluding carboxylic acids is 1. The number of rotatable bonds is 1. The second kappa shape index (κ2) is 6.59. The van der Waals surface area contributed by atoms with Gasteiger partial charge < -0.3 is 20.3 Å². The molecule has 3 rings (SSSR count). The fourth-order valence-corrected chi connectivity index (χ4v) is 3.26. The van der Waals surface area contributed by atoms with Gasteiger partial charge in [-0.3, -0.25) is 4.98 Å². The van der Waals surface area contributed by atoms with Crippen molar-refractivity contribution in [2.75, 3.05) is 31.1 Å². The lowest BCUT2D eigenvalue weighted by atomic mass is 9.92. The van der Waals surface area contributed by atoms with Crippen LogP contribution in [0, 0.1) is 0 Å². The monoisotopic (exact) mass is 332 g/mol. The van der Waals surface area contributed by atoms with Crippen LogP contribution in [0.3, 0.4) is 0 Å². The maximum absolute atomic E-state index is 12.1. The number of aryl methyl sites for hydroxylation is 1. The van der Waals surface area contributed by atoms with Gasteiger partial charge in [0.05, 0.1) is 11.9 Å². The molecule has 0 spiro atoms. The Morgan fingerprint density at radius 2 is 2.00 bits per heavy atom. The van der Waals surface area contributed by atoms with E-state index in [1.54, 1.807) is 4.90 Å². The largest absolute Gasteiger partial charge is 0.444 e. The molecule has 6 heteroatoms. The van der Waals surface area contributed by atoms with E-state index in [1.165, 1.54) is 5.56 Å². The van der Waals surface area contributed by atoms with Crippen molar-refractivity contribution in [3.63, 3.8) is 0 Å². The summed E-state index contributed by atoms with van der Waals surface area (Å²) in [7, 11) is 0. The molecule has 0 aromatic carbocycles. The van der Waals surface area contributed by atoms with E-state index in [0.29, 0.717) is 13.1 Å². The second-order valence-electron chi connectivity index (χ2n) is 7.76. The van der Waals surface area contributed by atoms with Gasteiger partial charge in [-0.25, -0.2) is 4.79 Å². The fraction of sp³-hybridized carbons (Fsp3) is 0.667. The van der Waals surface area contributed by atoms with Crippen molar-refractivity contribution >= 4 is 11.8 Å². The number of ether oxygens (including phenoxy) is 1. The molecule has 1 aromatic heterocycles. The molecule has 1 aromatic rings. The van der Waals surface area contributed by atoms with Crippen molar-refractivity contribution in [2.24, 2.45) is 5.73 Å². The highest BCUT2D eigenvalue weighted by molar-refractivity contribution is 5.68. The minimum atomic E-state index is -0.447. The number of pyridine rings is 1. The van der Waals surface area contributed by atoms with Crippen molar-refractivity contribution in [2.45, 2.75) is 51.7 Å². The molecule has 2 N–H and O–H groups in total. The third kappa shape index (κ3) is 3.98. The Bertz CT molecular complexity index is 604. The van der Waals surface area contributed by atoms with Crippen LogP contribution in [-0.2, 0) is 17.6 Å². The zero-order valence-electron chi connectivity index (χ0n) is 14.9. The van der Waals surface area contributed by atoms with E-state index in [0.717, 1.165) is 43.7 Å². The van der Waals surface area contributed by atoms with Crippen molar-refractivity contribution in [1.29, 1.82) is 0 Å². The summed E-state index contributed by atoms with van der Waals surface area (Å²) < 4.78 is 5.45. The van der Waals surface area contributed by atoms with Crippen molar-refractivity contribution in [3.8, 4) is 0 Å². The Balaban J connectivity index is 1.60. The Labute approximate surface area is 144 Å². The molecule has 1 fully saturated rings. The van der Waals surface area contributed by atoms with Gasteiger partial charge in [0, 0.05) is 44.3 Å². The topological polar surface area (TPSA) is 71.7 Å².